The number of carbonyl (C=O) groups is 2. The second-order valence-electron chi connectivity index (χ2n) is 8.49. The summed E-state index contributed by atoms with van der Waals surface area (Å²) in [6, 6.07) is 14.5. The van der Waals surface area contributed by atoms with Gasteiger partial charge >= 0.3 is 11.7 Å². The van der Waals surface area contributed by atoms with Crippen LogP contribution >= 0.6 is 0 Å². The number of carbonyl (C=O) groups excluding carboxylic acids is 2. The van der Waals surface area contributed by atoms with Gasteiger partial charge in [-0.25, -0.2) is 9.59 Å². The molecule has 1 fully saturated rings. The maximum Gasteiger partial charge on any atom is 0.411 e. The van der Waals surface area contributed by atoms with E-state index in [1.54, 1.807) is 19.1 Å². The van der Waals surface area contributed by atoms with E-state index in [9.17, 15) is 14.4 Å². The van der Waals surface area contributed by atoms with Crippen LogP contribution in [0.2, 0.25) is 0 Å². The molecule has 1 aliphatic rings. The molecule has 0 unspecified atom stereocenters. The van der Waals surface area contributed by atoms with Crippen LogP contribution in [0.1, 0.15) is 41.3 Å². The molecule has 8 heteroatoms. The molecule has 0 bridgehead atoms. The van der Waals surface area contributed by atoms with E-state index in [0.717, 1.165) is 42.4 Å². The van der Waals surface area contributed by atoms with E-state index in [4.69, 9.17) is 9.15 Å². The van der Waals surface area contributed by atoms with E-state index >= 15 is 0 Å². The number of ether oxygens (including phenoxy) is 1. The van der Waals surface area contributed by atoms with Crippen LogP contribution in [0.15, 0.2) is 57.7 Å². The summed E-state index contributed by atoms with van der Waals surface area (Å²) in [6.45, 7) is 6.16. The first-order valence-corrected chi connectivity index (χ1v) is 11.5. The summed E-state index contributed by atoms with van der Waals surface area (Å²) in [5, 5.41) is 6.60. The molecule has 2 aromatic carbocycles. The van der Waals surface area contributed by atoms with Crippen LogP contribution < -0.4 is 16.3 Å². The number of likely N-dealkylation sites (tertiary alicyclic amines) is 1. The Morgan fingerprint density at radius 1 is 1.12 bits per heavy atom. The Bertz CT molecular complexity index is 1240. The summed E-state index contributed by atoms with van der Waals surface area (Å²) in [4.78, 5) is 38.7. The molecular formula is C26H29N3O5. The van der Waals surface area contributed by atoms with Crippen LogP contribution in [0, 0.1) is 6.92 Å². The first-order valence-electron chi connectivity index (χ1n) is 11.5. The first-order chi connectivity index (χ1) is 16.4. The van der Waals surface area contributed by atoms with Gasteiger partial charge in [-0.05, 0) is 56.0 Å². The van der Waals surface area contributed by atoms with Gasteiger partial charge in [0.05, 0.1) is 6.61 Å². The van der Waals surface area contributed by atoms with E-state index in [0.29, 0.717) is 23.4 Å². The highest BCUT2D eigenvalue weighted by molar-refractivity contribution is 5.95. The van der Waals surface area contributed by atoms with Crippen molar-refractivity contribution in [1.29, 1.82) is 0 Å². The third-order valence-corrected chi connectivity index (χ3v) is 6.06. The molecule has 0 aliphatic carbocycles. The van der Waals surface area contributed by atoms with Crippen LogP contribution in [-0.4, -0.2) is 42.6 Å². The van der Waals surface area contributed by atoms with Crippen LogP contribution in [0.3, 0.4) is 0 Å². The van der Waals surface area contributed by atoms with Gasteiger partial charge in [-0.3, -0.25) is 15.0 Å². The maximum absolute atomic E-state index is 12.6. The lowest BCUT2D eigenvalue weighted by Crippen LogP contribution is -2.44. The highest BCUT2D eigenvalue weighted by atomic mass is 16.5. The summed E-state index contributed by atoms with van der Waals surface area (Å²) in [7, 11) is 0. The van der Waals surface area contributed by atoms with Crippen molar-refractivity contribution in [2.75, 3.05) is 25.0 Å². The van der Waals surface area contributed by atoms with Crippen molar-refractivity contribution in [3.8, 4) is 0 Å². The van der Waals surface area contributed by atoms with Crippen LogP contribution in [0.25, 0.3) is 11.0 Å². The van der Waals surface area contributed by atoms with Gasteiger partial charge in [-0.15, -0.1) is 0 Å². The van der Waals surface area contributed by atoms with E-state index < -0.39 is 11.7 Å². The zero-order valence-corrected chi connectivity index (χ0v) is 19.4. The highest BCUT2D eigenvalue weighted by Crippen LogP contribution is 2.24. The molecule has 2 N–H and O–H groups in total. The Morgan fingerprint density at radius 2 is 1.88 bits per heavy atom. The monoisotopic (exact) mass is 463 g/mol. The molecule has 34 heavy (non-hydrogen) atoms. The Morgan fingerprint density at radius 3 is 2.62 bits per heavy atom. The average molecular weight is 464 g/mol. The minimum atomic E-state index is -0.558. The molecule has 0 saturated carbocycles. The second-order valence-corrected chi connectivity index (χ2v) is 8.49. The lowest BCUT2D eigenvalue weighted by atomic mass is 10.0. The Balaban J connectivity index is 1.39. The highest BCUT2D eigenvalue weighted by Gasteiger charge is 2.22. The molecule has 2 heterocycles. The van der Waals surface area contributed by atoms with Gasteiger partial charge < -0.3 is 14.5 Å². The van der Waals surface area contributed by atoms with E-state index in [2.05, 4.69) is 15.5 Å². The SMILES string of the molecule is CCOC(=O)Nc1ccc2c(CN3CCC(NC(=O)c4ccccc4C)CC3)cc(=O)oc2c1. The van der Waals surface area contributed by atoms with Crippen LogP contribution in [0.4, 0.5) is 10.5 Å². The molecule has 3 aromatic rings. The average Bonchev–Trinajstić information content (AvgIpc) is 2.80. The first kappa shape index (κ1) is 23.5. The third-order valence-electron chi connectivity index (χ3n) is 6.06. The molecule has 178 valence electrons. The fraction of sp³-hybridized carbons (Fsp3) is 0.346. The summed E-state index contributed by atoms with van der Waals surface area (Å²) >= 11 is 0. The zero-order valence-electron chi connectivity index (χ0n) is 19.4. The summed E-state index contributed by atoms with van der Waals surface area (Å²) in [6.07, 6.45) is 1.12. The summed E-state index contributed by atoms with van der Waals surface area (Å²) in [5.74, 6) is -0.0320. The number of nitrogens with zero attached hydrogens (tertiary/aromatic N) is 1. The number of aryl methyl sites for hydroxylation is 1. The molecule has 0 spiro atoms. The lowest BCUT2D eigenvalue weighted by Gasteiger charge is -2.32. The van der Waals surface area contributed by atoms with Crippen molar-refractivity contribution in [2.24, 2.45) is 0 Å². The van der Waals surface area contributed by atoms with E-state index in [1.807, 2.05) is 37.3 Å². The number of anilines is 1. The molecule has 1 aliphatic heterocycles. The molecule has 4 rings (SSSR count). The number of hydrogen-bond acceptors (Lipinski definition) is 6. The topological polar surface area (TPSA) is 101 Å². The Kier molecular flexibility index (Phi) is 7.27. The Labute approximate surface area is 197 Å². The minimum absolute atomic E-state index is 0.0320. The predicted octanol–water partition coefficient (Wildman–Crippen LogP) is 4.06. The van der Waals surface area contributed by atoms with E-state index in [-0.39, 0.29) is 18.6 Å². The zero-order chi connectivity index (χ0) is 24.1. The number of piperidine rings is 1. The normalized spacial score (nSPS) is 14.6. The van der Waals surface area contributed by atoms with Crippen LogP contribution in [-0.2, 0) is 11.3 Å². The van der Waals surface area contributed by atoms with Gasteiger partial charge in [0.25, 0.3) is 5.91 Å². The minimum Gasteiger partial charge on any atom is -0.450 e. The molecule has 2 amide bonds. The third kappa shape index (κ3) is 5.63. The number of nitrogens with one attached hydrogen (secondary N) is 2. The lowest BCUT2D eigenvalue weighted by molar-refractivity contribution is 0.0908. The quantitative estimate of drug-likeness (QED) is 0.535. The Hall–Kier alpha value is -3.65. The fourth-order valence-electron chi connectivity index (χ4n) is 4.29. The molecule has 0 radical (unpaired) electrons. The molecular weight excluding hydrogens is 434 g/mol. The van der Waals surface area contributed by atoms with Crippen LogP contribution in [0.5, 0.6) is 0 Å². The largest absolute Gasteiger partial charge is 0.450 e. The van der Waals surface area contributed by atoms with Gasteiger partial charge in [-0.1, -0.05) is 18.2 Å². The maximum atomic E-state index is 12.6. The smallest absolute Gasteiger partial charge is 0.411 e. The number of fused-ring (bicyclic) bond motifs is 1. The number of benzene rings is 2. The molecule has 8 nitrogen and oxygen atoms in total. The fourth-order valence-corrected chi connectivity index (χ4v) is 4.29. The van der Waals surface area contributed by atoms with Crippen molar-refractivity contribution in [1.82, 2.24) is 10.2 Å². The van der Waals surface area contributed by atoms with E-state index in [1.165, 1.54) is 6.07 Å². The van der Waals surface area contributed by atoms with Crippen molar-refractivity contribution in [3.05, 3.63) is 75.6 Å². The van der Waals surface area contributed by atoms with Gasteiger partial charge in [-0.2, -0.15) is 0 Å². The second kappa shape index (κ2) is 10.5. The van der Waals surface area contributed by atoms with Crippen molar-refractivity contribution in [3.63, 3.8) is 0 Å². The number of rotatable bonds is 6. The van der Waals surface area contributed by atoms with Gasteiger partial charge in [0.2, 0.25) is 0 Å². The van der Waals surface area contributed by atoms with Crippen molar-refractivity contribution >= 4 is 28.7 Å². The number of amides is 2. The number of hydrogen-bond donors (Lipinski definition) is 2. The van der Waals surface area contributed by atoms with Gasteiger partial charge in [0.15, 0.2) is 0 Å². The standard InChI is InChI=1S/C26H29N3O5/c1-3-33-26(32)28-20-8-9-22-18(14-24(30)34-23(22)15-20)16-29-12-10-19(11-13-29)27-25(31)21-7-5-4-6-17(21)2/h4-9,14-15,19H,3,10-13,16H2,1-2H3,(H,27,31)(H,28,32). The van der Waals surface area contributed by atoms with Gasteiger partial charge in [0, 0.05) is 54.4 Å². The molecule has 1 aromatic heterocycles. The predicted molar refractivity (Wildman–Crippen MR) is 130 cm³/mol. The molecule has 1 saturated heterocycles. The molecule has 0 atom stereocenters. The van der Waals surface area contributed by atoms with Crippen molar-refractivity contribution in [2.45, 2.75) is 39.3 Å². The van der Waals surface area contributed by atoms with Gasteiger partial charge in [0.1, 0.15) is 5.58 Å². The summed E-state index contributed by atoms with van der Waals surface area (Å²) < 4.78 is 10.3. The van der Waals surface area contributed by atoms with Crippen molar-refractivity contribution < 1.29 is 18.7 Å². The summed E-state index contributed by atoms with van der Waals surface area (Å²) in [5.41, 5.74) is 3.03.